The lowest BCUT2D eigenvalue weighted by atomic mass is 9.76. The number of aromatic carboxylic acids is 1. The van der Waals surface area contributed by atoms with E-state index in [1.54, 1.807) is 18.2 Å². The Morgan fingerprint density at radius 3 is 2.57 bits per heavy atom. The van der Waals surface area contributed by atoms with Gasteiger partial charge in [-0.15, -0.1) is 6.58 Å². The molecule has 1 N–H and O–H groups in total. The Kier molecular flexibility index (Phi) is 6.26. The summed E-state index contributed by atoms with van der Waals surface area (Å²) in [6.07, 6.45) is 8.70. The minimum atomic E-state index is -1.04. The maximum absolute atomic E-state index is 14.1. The Hall–Kier alpha value is -2.93. The van der Waals surface area contributed by atoms with Crippen LogP contribution in [0.4, 0.5) is 4.39 Å². The molecule has 0 atom stereocenters. The highest BCUT2D eigenvalue weighted by Gasteiger charge is 2.23. The van der Waals surface area contributed by atoms with E-state index in [-0.39, 0.29) is 11.1 Å². The Morgan fingerprint density at radius 2 is 1.96 bits per heavy atom. The van der Waals surface area contributed by atoms with Crippen molar-refractivity contribution in [3.8, 4) is 17.2 Å². The zero-order valence-corrected chi connectivity index (χ0v) is 15.8. The topological polar surface area (TPSA) is 61.1 Å². The molecule has 0 aliphatic heterocycles. The van der Waals surface area contributed by atoms with Crippen LogP contribution in [0.1, 0.15) is 65.9 Å². The summed E-state index contributed by atoms with van der Waals surface area (Å²) in [5.41, 5.74) is 2.19. The van der Waals surface area contributed by atoms with Gasteiger partial charge in [0, 0.05) is 0 Å². The predicted octanol–water partition coefficient (Wildman–Crippen LogP) is 6.30. The second kappa shape index (κ2) is 8.84. The molecule has 0 aromatic heterocycles. The molecule has 3 nitrogen and oxygen atoms in total. The van der Waals surface area contributed by atoms with E-state index >= 15 is 0 Å². The molecular formula is C24H24FNO2. The maximum Gasteiger partial charge on any atom is 0.336 e. The normalized spacial score (nSPS) is 19.0. The van der Waals surface area contributed by atoms with Gasteiger partial charge in [0.05, 0.1) is 11.1 Å². The average Bonchev–Trinajstić information content (AvgIpc) is 2.72. The molecule has 0 heterocycles. The second-order valence-corrected chi connectivity index (χ2v) is 7.50. The maximum atomic E-state index is 14.1. The van der Waals surface area contributed by atoms with Crippen LogP contribution in [-0.4, -0.2) is 11.1 Å². The van der Waals surface area contributed by atoms with Crippen LogP contribution < -0.4 is 0 Å². The summed E-state index contributed by atoms with van der Waals surface area (Å²) in [5.74, 6) is -0.548. The minimum Gasteiger partial charge on any atom is -0.478 e. The molecule has 1 saturated carbocycles. The van der Waals surface area contributed by atoms with Gasteiger partial charge in [-0.25, -0.2) is 9.18 Å². The summed E-state index contributed by atoms with van der Waals surface area (Å²) in [6.45, 7) is 3.79. The van der Waals surface area contributed by atoms with Gasteiger partial charge < -0.3 is 5.11 Å². The fourth-order valence-electron chi connectivity index (χ4n) is 4.15. The van der Waals surface area contributed by atoms with Crippen LogP contribution in [0.25, 0.3) is 11.1 Å². The van der Waals surface area contributed by atoms with Crippen LogP contribution in [0, 0.1) is 23.1 Å². The second-order valence-electron chi connectivity index (χ2n) is 7.50. The number of carboxylic acids is 1. The SMILES string of the molecule is C=CCCC1CCC(c2ccc(C(=O)O)c(-c3ccc(C#N)c(F)c3)c2)CC1. The third-order valence-electron chi connectivity index (χ3n) is 5.77. The van der Waals surface area contributed by atoms with Gasteiger partial charge in [-0.1, -0.05) is 24.3 Å². The lowest BCUT2D eigenvalue weighted by Crippen LogP contribution is -2.13. The summed E-state index contributed by atoms with van der Waals surface area (Å²) >= 11 is 0. The summed E-state index contributed by atoms with van der Waals surface area (Å²) in [4.78, 5) is 11.7. The molecule has 28 heavy (non-hydrogen) atoms. The number of rotatable bonds is 6. The third-order valence-corrected chi connectivity index (χ3v) is 5.77. The Labute approximate surface area is 165 Å². The number of nitriles is 1. The van der Waals surface area contributed by atoms with Crippen LogP contribution in [0.15, 0.2) is 49.1 Å². The van der Waals surface area contributed by atoms with E-state index in [4.69, 9.17) is 5.26 Å². The molecule has 3 rings (SSSR count). The smallest absolute Gasteiger partial charge is 0.336 e. The van der Waals surface area contributed by atoms with Crippen molar-refractivity contribution in [1.29, 1.82) is 5.26 Å². The fraction of sp³-hybridized carbons (Fsp3) is 0.333. The van der Waals surface area contributed by atoms with Gasteiger partial charge in [-0.2, -0.15) is 5.26 Å². The molecule has 2 aromatic rings. The number of carbonyl (C=O) groups is 1. The first-order chi connectivity index (χ1) is 13.5. The van der Waals surface area contributed by atoms with Gasteiger partial charge in [-0.05, 0) is 85.3 Å². The van der Waals surface area contributed by atoms with Crippen molar-refractivity contribution in [3.05, 3.63) is 71.6 Å². The van der Waals surface area contributed by atoms with Crippen molar-refractivity contribution in [2.24, 2.45) is 5.92 Å². The van der Waals surface area contributed by atoms with Gasteiger partial charge in [-0.3, -0.25) is 0 Å². The first-order valence-corrected chi connectivity index (χ1v) is 9.71. The first-order valence-electron chi connectivity index (χ1n) is 9.71. The molecule has 1 aliphatic rings. The van der Waals surface area contributed by atoms with Crippen molar-refractivity contribution in [2.45, 2.75) is 44.4 Å². The van der Waals surface area contributed by atoms with Crippen LogP contribution in [0.5, 0.6) is 0 Å². The van der Waals surface area contributed by atoms with Gasteiger partial charge in [0.2, 0.25) is 0 Å². The highest BCUT2D eigenvalue weighted by Crippen LogP contribution is 2.39. The quantitative estimate of drug-likeness (QED) is 0.601. The van der Waals surface area contributed by atoms with E-state index in [1.165, 1.54) is 31.4 Å². The number of halogens is 1. The van der Waals surface area contributed by atoms with Gasteiger partial charge in [0.15, 0.2) is 0 Å². The molecule has 0 spiro atoms. The van der Waals surface area contributed by atoms with Crippen LogP contribution in [-0.2, 0) is 0 Å². The summed E-state index contributed by atoms with van der Waals surface area (Å²) < 4.78 is 14.1. The largest absolute Gasteiger partial charge is 0.478 e. The minimum absolute atomic E-state index is 0.0466. The fourth-order valence-corrected chi connectivity index (χ4v) is 4.15. The van der Waals surface area contributed by atoms with E-state index in [0.29, 0.717) is 17.0 Å². The predicted molar refractivity (Wildman–Crippen MR) is 108 cm³/mol. The molecular weight excluding hydrogens is 353 g/mol. The molecule has 0 unspecified atom stereocenters. The number of benzene rings is 2. The number of hydrogen-bond acceptors (Lipinski definition) is 2. The Bertz CT molecular complexity index is 921. The van der Waals surface area contributed by atoms with E-state index in [2.05, 4.69) is 6.58 Å². The van der Waals surface area contributed by atoms with Crippen LogP contribution >= 0.6 is 0 Å². The van der Waals surface area contributed by atoms with E-state index in [1.807, 2.05) is 18.2 Å². The Balaban J connectivity index is 1.89. The third kappa shape index (κ3) is 4.31. The zero-order valence-electron chi connectivity index (χ0n) is 15.8. The summed E-state index contributed by atoms with van der Waals surface area (Å²) in [6, 6.07) is 11.4. The summed E-state index contributed by atoms with van der Waals surface area (Å²) in [7, 11) is 0. The van der Waals surface area contributed by atoms with E-state index in [9.17, 15) is 14.3 Å². The molecule has 2 aromatic carbocycles. The van der Waals surface area contributed by atoms with Gasteiger partial charge in [0.1, 0.15) is 11.9 Å². The van der Waals surface area contributed by atoms with Crippen molar-refractivity contribution in [2.75, 3.05) is 0 Å². The van der Waals surface area contributed by atoms with Gasteiger partial charge >= 0.3 is 5.97 Å². The Morgan fingerprint density at radius 1 is 1.21 bits per heavy atom. The molecule has 0 radical (unpaired) electrons. The van der Waals surface area contributed by atoms with Crippen molar-refractivity contribution >= 4 is 5.97 Å². The number of carboxylic acid groups (broad SMARTS) is 1. The number of allylic oxidation sites excluding steroid dienone is 1. The molecule has 4 heteroatoms. The summed E-state index contributed by atoms with van der Waals surface area (Å²) in [5, 5.41) is 18.5. The molecule has 0 bridgehead atoms. The van der Waals surface area contributed by atoms with Crippen molar-refractivity contribution in [3.63, 3.8) is 0 Å². The number of nitrogens with zero attached hydrogens (tertiary/aromatic N) is 1. The molecule has 1 aliphatic carbocycles. The zero-order chi connectivity index (χ0) is 20.1. The lowest BCUT2D eigenvalue weighted by Gasteiger charge is -2.29. The molecule has 0 amide bonds. The van der Waals surface area contributed by atoms with Crippen molar-refractivity contribution < 1.29 is 14.3 Å². The average molecular weight is 377 g/mol. The number of hydrogen-bond donors (Lipinski definition) is 1. The van der Waals surface area contributed by atoms with E-state index in [0.717, 1.165) is 30.7 Å². The standard InChI is InChI=1S/C24H24FNO2/c1-2-3-4-16-5-7-17(8-6-16)18-11-12-21(24(27)28)22(13-18)19-9-10-20(15-26)23(25)14-19/h2,9-14,16-17H,1,3-8H2,(H,27,28). The lowest BCUT2D eigenvalue weighted by molar-refractivity contribution is 0.0697. The molecule has 0 saturated heterocycles. The molecule has 144 valence electrons. The first kappa shape index (κ1) is 19.8. The highest BCUT2D eigenvalue weighted by molar-refractivity contribution is 5.96. The van der Waals surface area contributed by atoms with E-state index < -0.39 is 11.8 Å². The monoisotopic (exact) mass is 377 g/mol. The molecule has 1 fully saturated rings. The highest BCUT2D eigenvalue weighted by atomic mass is 19.1. The van der Waals surface area contributed by atoms with Crippen LogP contribution in [0.3, 0.4) is 0 Å². The van der Waals surface area contributed by atoms with Crippen molar-refractivity contribution in [1.82, 2.24) is 0 Å². The van der Waals surface area contributed by atoms with Crippen LogP contribution in [0.2, 0.25) is 0 Å². The van der Waals surface area contributed by atoms with Gasteiger partial charge in [0.25, 0.3) is 0 Å².